The molecule has 4 aliphatic carbocycles. The molecule has 0 saturated heterocycles. The standard InChI is InChI=1S/C29H48Br2O2/c1-18(2)9-7-10-19(3)22-12-13-23-21-17-25(30)29(31)15-8-11-26(33-20(4)32)28(29,6)24(21)14-16-27(22,23)5/h18-19,21-26H,7-17H2,1-6H3/t19-,21+,22-,23+,24+,25?,26?,27-,28+,29?/m1/s1. The van der Waals surface area contributed by atoms with Gasteiger partial charge in [-0.1, -0.05) is 85.7 Å². The smallest absolute Gasteiger partial charge is 0.302 e. The van der Waals surface area contributed by atoms with Crippen molar-refractivity contribution >= 4 is 37.8 Å². The minimum absolute atomic E-state index is 0.00367. The Morgan fingerprint density at radius 1 is 1.03 bits per heavy atom. The van der Waals surface area contributed by atoms with Crippen LogP contribution in [0.2, 0.25) is 0 Å². The molecule has 0 radical (unpaired) electrons. The molecule has 0 aromatic heterocycles. The van der Waals surface area contributed by atoms with E-state index in [9.17, 15) is 4.79 Å². The third-order valence-electron chi connectivity index (χ3n) is 11.3. The molecule has 0 spiro atoms. The summed E-state index contributed by atoms with van der Waals surface area (Å²) in [5, 5.41) is 0. The van der Waals surface area contributed by atoms with Crippen LogP contribution in [0.4, 0.5) is 0 Å². The average Bonchev–Trinajstić information content (AvgIpc) is 3.08. The van der Waals surface area contributed by atoms with Crippen molar-refractivity contribution in [3.63, 3.8) is 0 Å². The first-order valence-corrected chi connectivity index (χ1v) is 15.7. The van der Waals surface area contributed by atoms with E-state index < -0.39 is 0 Å². The van der Waals surface area contributed by atoms with Crippen molar-refractivity contribution in [1.82, 2.24) is 0 Å². The van der Waals surface area contributed by atoms with Gasteiger partial charge in [0.15, 0.2) is 0 Å². The molecule has 0 amide bonds. The molecule has 190 valence electrons. The Bertz CT molecular complexity index is 724. The van der Waals surface area contributed by atoms with Gasteiger partial charge in [-0.2, -0.15) is 0 Å². The fourth-order valence-electron chi connectivity index (χ4n) is 9.62. The Hall–Kier alpha value is 0.430. The molecular formula is C29H48Br2O2. The van der Waals surface area contributed by atoms with Gasteiger partial charge in [-0.15, -0.1) is 0 Å². The maximum Gasteiger partial charge on any atom is 0.302 e. The predicted molar refractivity (Wildman–Crippen MR) is 145 cm³/mol. The number of carbonyl (C=O) groups is 1. The van der Waals surface area contributed by atoms with Crippen LogP contribution in [0.1, 0.15) is 112 Å². The van der Waals surface area contributed by atoms with E-state index in [4.69, 9.17) is 4.74 Å². The van der Waals surface area contributed by atoms with Crippen molar-refractivity contribution in [2.45, 2.75) is 127 Å². The molecule has 33 heavy (non-hydrogen) atoms. The zero-order valence-electron chi connectivity index (χ0n) is 22.0. The van der Waals surface area contributed by atoms with Gasteiger partial charge in [-0.05, 0) is 92.3 Å². The number of hydrogen-bond donors (Lipinski definition) is 0. The lowest BCUT2D eigenvalue weighted by atomic mass is 9.43. The maximum absolute atomic E-state index is 12.1. The molecule has 4 saturated carbocycles. The van der Waals surface area contributed by atoms with E-state index in [1.54, 1.807) is 6.92 Å². The van der Waals surface area contributed by atoms with Crippen molar-refractivity contribution in [2.75, 3.05) is 0 Å². The molecule has 0 bridgehead atoms. The van der Waals surface area contributed by atoms with Crippen molar-refractivity contribution in [1.29, 1.82) is 0 Å². The van der Waals surface area contributed by atoms with Crippen LogP contribution >= 0.6 is 31.9 Å². The third-order valence-corrected chi connectivity index (χ3v) is 14.8. The van der Waals surface area contributed by atoms with E-state index in [-0.39, 0.29) is 21.8 Å². The van der Waals surface area contributed by atoms with Gasteiger partial charge in [0.05, 0.1) is 0 Å². The number of halogens is 2. The number of hydrogen-bond acceptors (Lipinski definition) is 2. The van der Waals surface area contributed by atoms with E-state index in [0.29, 0.717) is 16.2 Å². The second-order valence-corrected chi connectivity index (χ2v) is 15.8. The average molecular weight is 589 g/mol. The lowest BCUT2D eigenvalue weighted by molar-refractivity contribution is -0.181. The number of esters is 1. The number of ether oxygens (including phenoxy) is 1. The zero-order chi connectivity index (χ0) is 24.2. The lowest BCUT2D eigenvalue weighted by Gasteiger charge is -2.66. The summed E-state index contributed by atoms with van der Waals surface area (Å²) < 4.78 is 6.12. The predicted octanol–water partition coefficient (Wildman–Crippen LogP) is 8.93. The third kappa shape index (κ3) is 4.31. The quantitative estimate of drug-likeness (QED) is 0.229. The minimum Gasteiger partial charge on any atom is -0.462 e. The summed E-state index contributed by atoms with van der Waals surface area (Å²) in [6, 6.07) is 0. The molecule has 4 heteroatoms. The minimum atomic E-state index is -0.108. The highest BCUT2D eigenvalue weighted by atomic mass is 79.9. The number of alkyl halides is 2. The van der Waals surface area contributed by atoms with Crippen molar-refractivity contribution in [2.24, 2.45) is 46.3 Å². The zero-order valence-corrected chi connectivity index (χ0v) is 25.1. The molecule has 0 heterocycles. The first kappa shape index (κ1) is 26.5. The molecule has 4 fully saturated rings. The summed E-state index contributed by atoms with van der Waals surface area (Å²) in [7, 11) is 0. The molecular weight excluding hydrogens is 540 g/mol. The largest absolute Gasteiger partial charge is 0.462 e. The van der Waals surface area contributed by atoms with Gasteiger partial charge in [-0.3, -0.25) is 4.79 Å². The highest BCUT2D eigenvalue weighted by Gasteiger charge is 2.69. The summed E-state index contributed by atoms with van der Waals surface area (Å²) in [4.78, 5) is 12.5. The van der Waals surface area contributed by atoms with Crippen LogP contribution in [-0.4, -0.2) is 21.2 Å². The first-order chi connectivity index (χ1) is 15.4. The fourth-order valence-corrected chi connectivity index (χ4v) is 11.8. The molecule has 0 N–H and O–H groups in total. The van der Waals surface area contributed by atoms with Crippen molar-refractivity contribution in [3.05, 3.63) is 0 Å². The number of fused-ring (bicyclic) bond motifs is 5. The van der Waals surface area contributed by atoms with Crippen LogP contribution < -0.4 is 0 Å². The number of carbonyl (C=O) groups excluding carboxylic acids is 1. The fraction of sp³-hybridized carbons (Fsp3) is 0.966. The Morgan fingerprint density at radius 3 is 2.42 bits per heavy atom. The lowest BCUT2D eigenvalue weighted by Crippen LogP contribution is -2.67. The molecule has 3 unspecified atom stereocenters. The second-order valence-electron chi connectivity index (χ2n) is 13.2. The Balaban J connectivity index is 1.59. The van der Waals surface area contributed by atoms with Gasteiger partial charge in [0.25, 0.3) is 0 Å². The van der Waals surface area contributed by atoms with E-state index in [2.05, 4.69) is 66.5 Å². The van der Waals surface area contributed by atoms with Gasteiger partial charge in [0.2, 0.25) is 0 Å². The van der Waals surface area contributed by atoms with E-state index in [1.807, 2.05) is 0 Å². The molecule has 0 aliphatic heterocycles. The molecule has 2 nitrogen and oxygen atoms in total. The molecule has 0 aromatic carbocycles. The molecule has 10 atom stereocenters. The van der Waals surface area contributed by atoms with E-state index >= 15 is 0 Å². The summed E-state index contributed by atoms with van der Waals surface area (Å²) in [5.41, 5.74) is 0.482. The Labute approximate surface area is 220 Å². The van der Waals surface area contributed by atoms with E-state index in [1.165, 1.54) is 57.8 Å². The number of rotatable bonds is 6. The second kappa shape index (κ2) is 9.71. The van der Waals surface area contributed by atoms with Crippen LogP contribution in [0, 0.1) is 46.3 Å². The van der Waals surface area contributed by atoms with Crippen molar-refractivity contribution < 1.29 is 9.53 Å². The summed E-state index contributed by atoms with van der Waals surface area (Å²) in [6.45, 7) is 14.0. The highest BCUT2D eigenvalue weighted by molar-refractivity contribution is 9.12. The first-order valence-electron chi connectivity index (χ1n) is 13.9. The van der Waals surface area contributed by atoms with Crippen LogP contribution in [0.25, 0.3) is 0 Å². The SMILES string of the molecule is CC(=O)OC1CCCC2(Br)C(Br)C[C@H]3[C@@H]4CC[C@H]([C@H](C)CCCC(C)C)[C@@]4(C)CC[C@@H]3[C@@]12C. The van der Waals surface area contributed by atoms with Crippen LogP contribution in [0.15, 0.2) is 0 Å². The van der Waals surface area contributed by atoms with Gasteiger partial charge in [0.1, 0.15) is 6.10 Å². The molecule has 4 aliphatic rings. The van der Waals surface area contributed by atoms with Gasteiger partial charge in [-0.25, -0.2) is 0 Å². The van der Waals surface area contributed by atoms with Crippen LogP contribution in [0.5, 0.6) is 0 Å². The van der Waals surface area contributed by atoms with Crippen LogP contribution in [0.3, 0.4) is 0 Å². The Morgan fingerprint density at radius 2 is 1.76 bits per heavy atom. The van der Waals surface area contributed by atoms with E-state index in [0.717, 1.165) is 42.4 Å². The highest BCUT2D eigenvalue weighted by Crippen LogP contribution is 2.72. The summed E-state index contributed by atoms with van der Waals surface area (Å²) >= 11 is 8.51. The maximum atomic E-state index is 12.1. The van der Waals surface area contributed by atoms with Crippen LogP contribution in [-0.2, 0) is 9.53 Å². The van der Waals surface area contributed by atoms with Gasteiger partial charge < -0.3 is 4.74 Å². The monoisotopic (exact) mass is 586 g/mol. The summed E-state index contributed by atoms with van der Waals surface area (Å²) in [5.74, 6) is 4.64. The van der Waals surface area contributed by atoms with Gasteiger partial charge >= 0.3 is 5.97 Å². The molecule has 4 rings (SSSR count). The normalized spacial score (nSPS) is 48.0. The summed E-state index contributed by atoms with van der Waals surface area (Å²) in [6.07, 6.45) is 14.3. The topological polar surface area (TPSA) is 26.3 Å². The van der Waals surface area contributed by atoms with Gasteiger partial charge in [0, 0.05) is 21.5 Å². The van der Waals surface area contributed by atoms with Crippen molar-refractivity contribution in [3.8, 4) is 0 Å². The molecule has 0 aromatic rings. The Kier molecular flexibility index (Phi) is 7.80.